The largest absolute Gasteiger partial charge is 0.463 e. The van der Waals surface area contributed by atoms with Gasteiger partial charge < -0.3 is 15.5 Å². The molecule has 3 N–H and O–H groups in total. The van der Waals surface area contributed by atoms with Crippen molar-refractivity contribution in [3.63, 3.8) is 0 Å². The third kappa shape index (κ3) is 3.20. The molecule has 0 radical (unpaired) electrons. The van der Waals surface area contributed by atoms with Gasteiger partial charge in [0, 0.05) is 6.54 Å². The predicted octanol–water partition coefficient (Wildman–Crippen LogP) is 3.03. The number of nitrogens with zero attached hydrogens (tertiary/aromatic N) is 4. The van der Waals surface area contributed by atoms with Crippen LogP contribution in [0.15, 0.2) is 52.2 Å². The Kier molecular flexibility index (Phi) is 4.52. The highest BCUT2D eigenvalue weighted by Gasteiger charge is 2.24. The fourth-order valence-corrected chi connectivity index (χ4v) is 2.85. The molecule has 3 aromatic heterocycles. The van der Waals surface area contributed by atoms with Gasteiger partial charge in [-0.15, -0.1) is 0 Å². The molecule has 0 atom stereocenters. The van der Waals surface area contributed by atoms with Crippen molar-refractivity contribution in [1.29, 1.82) is 0 Å². The summed E-state index contributed by atoms with van der Waals surface area (Å²) in [4.78, 5) is 22.1. The number of nitrogens with one attached hydrogen (secondary N) is 1. The summed E-state index contributed by atoms with van der Waals surface area (Å²) in [7, 11) is 0. The molecule has 3 heterocycles. The van der Waals surface area contributed by atoms with Crippen LogP contribution in [0, 0.1) is 5.92 Å². The first-order chi connectivity index (χ1) is 13.5. The van der Waals surface area contributed by atoms with Gasteiger partial charge in [-0.3, -0.25) is 4.79 Å². The monoisotopic (exact) mass is 376 g/mol. The maximum absolute atomic E-state index is 12.8. The van der Waals surface area contributed by atoms with Crippen LogP contribution in [0.5, 0.6) is 0 Å². The Bertz CT molecular complexity index is 1170. The number of hydrogen-bond donors (Lipinski definition) is 2. The molecule has 0 fully saturated rings. The lowest BCUT2D eigenvalue weighted by Gasteiger charge is -2.07. The SMILES string of the molecule is CC(C)CNC(=O)c1c(N)n(N=Cc2ccco2)c2nc3ccccc3nc12. The van der Waals surface area contributed by atoms with E-state index in [0.29, 0.717) is 40.4 Å². The van der Waals surface area contributed by atoms with Crippen LogP contribution < -0.4 is 11.1 Å². The number of fused-ring (bicyclic) bond motifs is 2. The fourth-order valence-electron chi connectivity index (χ4n) is 2.85. The summed E-state index contributed by atoms with van der Waals surface area (Å²) in [6.45, 7) is 4.57. The Labute approximate surface area is 161 Å². The minimum atomic E-state index is -0.298. The van der Waals surface area contributed by atoms with Crippen LogP contribution in [-0.4, -0.2) is 33.3 Å². The van der Waals surface area contributed by atoms with Crippen LogP contribution in [0.25, 0.3) is 22.2 Å². The van der Waals surface area contributed by atoms with E-state index in [0.717, 1.165) is 0 Å². The highest BCUT2D eigenvalue weighted by Crippen LogP contribution is 2.27. The second-order valence-electron chi connectivity index (χ2n) is 6.82. The number of aromatic nitrogens is 3. The third-order valence-electron chi connectivity index (χ3n) is 4.22. The number of rotatable bonds is 5. The van der Waals surface area contributed by atoms with E-state index in [1.807, 2.05) is 38.1 Å². The summed E-state index contributed by atoms with van der Waals surface area (Å²) in [6.07, 6.45) is 3.07. The minimum absolute atomic E-state index is 0.175. The van der Waals surface area contributed by atoms with Gasteiger partial charge in [0.2, 0.25) is 0 Å². The van der Waals surface area contributed by atoms with Crippen LogP contribution in [0.4, 0.5) is 5.82 Å². The van der Waals surface area contributed by atoms with Crippen LogP contribution >= 0.6 is 0 Å². The van der Waals surface area contributed by atoms with Crippen molar-refractivity contribution in [2.75, 3.05) is 12.3 Å². The average molecular weight is 376 g/mol. The summed E-state index contributed by atoms with van der Waals surface area (Å²) in [6, 6.07) is 11.0. The number of amides is 1. The molecule has 4 rings (SSSR count). The summed E-state index contributed by atoms with van der Waals surface area (Å²) in [5.74, 6) is 0.741. The molecule has 0 bridgehead atoms. The van der Waals surface area contributed by atoms with Crippen LogP contribution in [0.1, 0.15) is 30.0 Å². The number of carbonyl (C=O) groups excluding carboxylic acids is 1. The number of carbonyl (C=O) groups is 1. The van der Waals surface area contributed by atoms with E-state index in [4.69, 9.17) is 10.2 Å². The molecule has 0 spiro atoms. The van der Waals surface area contributed by atoms with E-state index < -0.39 is 0 Å². The van der Waals surface area contributed by atoms with Gasteiger partial charge in [-0.25, -0.2) is 9.97 Å². The molecule has 0 unspecified atom stereocenters. The zero-order valence-corrected chi connectivity index (χ0v) is 15.6. The van der Waals surface area contributed by atoms with Crippen molar-refractivity contribution >= 4 is 40.1 Å². The lowest BCUT2D eigenvalue weighted by Crippen LogP contribution is -2.28. The molecule has 1 amide bonds. The van der Waals surface area contributed by atoms with Crippen molar-refractivity contribution < 1.29 is 9.21 Å². The van der Waals surface area contributed by atoms with E-state index >= 15 is 0 Å². The van der Waals surface area contributed by atoms with Crippen LogP contribution in [0.2, 0.25) is 0 Å². The van der Waals surface area contributed by atoms with E-state index in [2.05, 4.69) is 20.4 Å². The van der Waals surface area contributed by atoms with Gasteiger partial charge >= 0.3 is 0 Å². The molecule has 0 saturated carbocycles. The summed E-state index contributed by atoms with van der Waals surface area (Å²) in [5, 5.41) is 7.26. The first kappa shape index (κ1) is 17.7. The Morgan fingerprint density at radius 3 is 2.68 bits per heavy atom. The van der Waals surface area contributed by atoms with Crippen LogP contribution in [-0.2, 0) is 0 Å². The molecule has 28 heavy (non-hydrogen) atoms. The normalized spacial score (nSPS) is 11.8. The summed E-state index contributed by atoms with van der Waals surface area (Å²) in [5.41, 5.74) is 8.77. The number of furan rings is 1. The number of para-hydroxylation sites is 2. The molecule has 1 aromatic carbocycles. The van der Waals surface area contributed by atoms with Crippen molar-refractivity contribution in [3.8, 4) is 0 Å². The highest BCUT2D eigenvalue weighted by molar-refractivity contribution is 6.10. The second kappa shape index (κ2) is 7.15. The molecular weight excluding hydrogens is 356 g/mol. The maximum atomic E-state index is 12.8. The van der Waals surface area contributed by atoms with E-state index in [1.54, 1.807) is 18.4 Å². The zero-order chi connectivity index (χ0) is 19.7. The molecule has 4 aromatic rings. The van der Waals surface area contributed by atoms with E-state index in [-0.39, 0.29) is 17.3 Å². The Hall–Kier alpha value is -3.68. The molecule has 0 saturated heterocycles. The molecule has 0 aliphatic rings. The number of nitrogen functional groups attached to an aromatic ring is 1. The number of benzene rings is 1. The number of nitrogens with two attached hydrogens (primary N) is 1. The van der Waals surface area contributed by atoms with Gasteiger partial charge in [0.15, 0.2) is 5.65 Å². The fraction of sp³-hybridized carbons (Fsp3) is 0.200. The molecule has 8 heteroatoms. The van der Waals surface area contributed by atoms with Gasteiger partial charge in [-0.2, -0.15) is 9.78 Å². The number of anilines is 1. The number of hydrogen-bond acceptors (Lipinski definition) is 6. The van der Waals surface area contributed by atoms with Gasteiger partial charge in [-0.1, -0.05) is 26.0 Å². The third-order valence-corrected chi connectivity index (χ3v) is 4.22. The lowest BCUT2D eigenvalue weighted by atomic mass is 10.2. The molecule has 8 nitrogen and oxygen atoms in total. The highest BCUT2D eigenvalue weighted by atomic mass is 16.3. The zero-order valence-electron chi connectivity index (χ0n) is 15.6. The minimum Gasteiger partial charge on any atom is -0.463 e. The first-order valence-electron chi connectivity index (χ1n) is 8.97. The quantitative estimate of drug-likeness (QED) is 0.520. The molecular formula is C20H20N6O2. The Morgan fingerprint density at radius 1 is 1.25 bits per heavy atom. The lowest BCUT2D eigenvalue weighted by molar-refractivity contribution is 0.0951. The topological polar surface area (TPSA) is 111 Å². The molecule has 142 valence electrons. The smallest absolute Gasteiger partial charge is 0.257 e. The van der Waals surface area contributed by atoms with Crippen molar-refractivity contribution in [3.05, 3.63) is 54.0 Å². The van der Waals surface area contributed by atoms with E-state index in [9.17, 15) is 4.79 Å². The van der Waals surface area contributed by atoms with Gasteiger partial charge in [-0.05, 0) is 30.2 Å². The van der Waals surface area contributed by atoms with E-state index in [1.165, 1.54) is 10.9 Å². The van der Waals surface area contributed by atoms with Gasteiger partial charge in [0.1, 0.15) is 22.7 Å². The summed E-state index contributed by atoms with van der Waals surface area (Å²) < 4.78 is 6.70. The second-order valence-corrected chi connectivity index (χ2v) is 6.82. The van der Waals surface area contributed by atoms with Gasteiger partial charge in [0.25, 0.3) is 5.91 Å². The van der Waals surface area contributed by atoms with Crippen molar-refractivity contribution in [1.82, 2.24) is 20.0 Å². The predicted molar refractivity (Wildman–Crippen MR) is 108 cm³/mol. The van der Waals surface area contributed by atoms with Crippen molar-refractivity contribution in [2.24, 2.45) is 11.0 Å². The van der Waals surface area contributed by atoms with Crippen molar-refractivity contribution in [2.45, 2.75) is 13.8 Å². The van der Waals surface area contributed by atoms with Gasteiger partial charge in [0.05, 0.1) is 23.5 Å². The molecule has 0 aliphatic carbocycles. The van der Waals surface area contributed by atoms with Crippen LogP contribution in [0.3, 0.4) is 0 Å². The Morgan fingerprint density at radius 2 is 2.00 bits per heavy atom. The summed E-state index contributed by atoms with van der Waals surface area (Å²) >= 11 is 0. The average Bonchev–Trinajstić information content (AvgIpc) is 3.28. The standard InChI is InChI=1S/C20H20N6O2/c1-12(2)10-22-20(27)16-17-19(25-15-8-4-3-7-14(15)24-17)26(18(16)21)23-11-13-6-5-9-28-13/h3-9,11-12H,10,21H2,1-2H3,(H,22,27). The first-order valence-corrected chi connectivity index (χ1v) is 8.97. The Balaban J connectivity index is 1.90. The molecule has 0 aliphatic heterocycles. The maximum Gasteiger partial charge on any atom is 0.257 e.